The summed E-state index contributed by atoms with van der Waals surface area (Å²) in [6, 6.07) is 0. The van der Waals surface area contributed by atoms with Crippen molar-refractivity contribution < 1.29 is 19.7 Å². The van der Waals surface area contributed by atoms with Gasteiger partial charge in [-0.2, -0.15) is 0 Å². The maximum Gasteiger partial charge on any atom is 0.408 e. The topological polar surface area (TPSA) is 78.8 Å². The number of amides is 1. The van der Waals surface area contributed by atoms with Crippen LogP contribution in [0.3, 0.4) is 0 Å². The summed E-state index contributed by atoms with van der Waals surface area (Å²) in [6.07, 6.45) is 1.23. The average molecular weight is 263 g/mol. The number of thioether (sulfide) groups is 1. The molecule has 0 bridgehead atoms. The lowest BCUT2D eigenvalue weighted by Gasteiger charge is -2.24. The number of nitrogens with one attached hydrogen (secondary N) is 1. The molecule has 0 aromatic rings. The van der Waals surface area contributed by atoms with E-state index in [1.165, 1.54) is 11.8 Å². The molecule has 1 amide bonds. The number of aliphatic hydroxyl groups excluding tert-OH is 2. The lowest BCUT2D eigenvalue weighted by atomic mass is 10.2. The zero-order valence-corrected chi connectivity index (χ0v) is 11.5. The molecule has 17 heavy (non-hydrogen) atoms. The molecule has 6 heteroatoms. The fourth-order valence-electron chi connectivity index (χ4n) is 1.75. The number of rotatable bonds is 4. The van der Waals surface area contributed by atoms with Crippen molar-refractivity contribution in [3.8, 4) is 0 Å². The van der Waals surface area contributed by atoms with E-state index < -0.39 is 22.7 Å². The first-order valence-corrected chi connectivity index (χ1v) is 6.82. The Morgan fingerprint density at radius 3 is 2.65 bits per heavy atom. The number of hydrogen-bond donors (Lipinski definition) is 3. The van der Waals surface area contributed by atoms with Crippen molar-refractivity contribution in [2.24, 2.45) is 5.92 Å². The summed E-state index contributed by atoms with van der Waals surface area (Å²) in [5.74, 6) is -0.116. The first-order valence-electron chi connectivity index (χ1n) is 5.59. The second-order valence-electron chi connectivity index (χ2n) is 5.28. The van der Waals surface area contributed by atoms with Crippen molar-refractivity contribution in [2.45, 2.75) is 43.8 Å². The van der Waals surface area contributed by atoms with Gasteiger partial charge in [-0.1, -0.05) is 0 Å². The zero-order chi connectivity index (χ0) is 13.3. The zero-order valence-electron chi connectivity index (χ0n) is 10.7. The van der Waals surface area contributed by atoms with Gasteiger partial charge in [-0.15, -0.1) is 11.8 Å². The molecule has 0 aliphatic heterocycles. The average Bonchev–Trinajstić information content (AvgIpc) is 2.89. The third-order valence-corrected chi connectivity index (χ3v) is 3.99. The molecular weight excluding hydrogens is 242 g/mol. The molecule has 1 fully saturated rings. The molecule has 5 nitrogen and oxygen atoms in total. The van der Waals surface area contributed by atoms with Crippen LogP contribution < -0.4 is 5.32 Å². The van der Waals surface area contributed by atoms with Crippen LogP contribution in [0, 0.1) is 5.92 Å². The molecule has 0 aromatic carbocycles. The standard InChI is InChI=1S/C11H21NO4S/c1-10(2,3)16-9(15)12-11(17-4)5-7(11)8(14)6-13/h7-8,13-14H,5-6H2,1-4H3,(H,12,15)/t7-,8-,11+/m1/s1. The third kappa shape index (κ3) is 3.76. The summed E-state index contributed by atoms with van der Waals surface area (Å²) in [4.78, 5) is 11.1. The van der Waals surface area contributed by atoms with Gasteiger partial charge in [0.2, 0.25) is 0 Å². The Morgan fingerprint density at radius 2 is 2.24 bits per heavy atom. The summed E-state index contributed by atoms with van der Waals surface area (Å²) in [5.41, 5.74) is -0.538. The second-order valence-corrected chi connectivity index (χ2v) is 6.42. The SMILES string of the molecule is CS[C@@]1(NC(=O)OC(C)(C)C)C[C@@H]1[C@H](O)CO. The van der Waals surface area contributed by atoms with Crippen LogP contribution in [-0.2, 0) is 4.74 Å². The van der Waals surface area contributed by atoms with E-state index in [4.69, 9.17) is 9.84 Å². The minimum atomic E-state index is -0.794. The van der Waals surface area contributed by atoms with Crippen LogP contribution in [0.2, 0.25) is 0 Å². The highest BCUT2D eigenvalue weighted by atomic mass is 32.2. The van der Waals surface area contributed by atoms with Gasteiger partial charge >= 0.3 is 6.09 Å². The summed E-state index contributed by atoms with van der Waals surface area (Å²) in [7, 11) is 0. The van der Waals surface area contributed by atoms with Gasteiger partial charge in [0.05, 0.1) is 17.6 Å². The molecular formula is C11H21NO4S. The van der Waals surface area contributed by atoms with Crippen LogP contribution in [0.25, 0.3) is 0 Å². The highest BCUT2D eigenvalue weighted by molar-refractivity contribution is 8.00. The minimum absolute atomic E-state index is 0.116. The molecule has 0 radical (unpaired) electrons. The Labute approximate surface area is 106 Å². The normalized spacial score (nSPS) is 29.6. The number of carbonyl (C=O) groups excluding carboxylic acids is 1. The molecule has 0 heterocycles. The molecule has 100 valence electrons. The Morgan fingerprint density at radius 1 is 1.65 bits per heavy atom. The van der Waals surface area contributed by atoms with E-state index in [1.807, 2.05) is 6.26 Å². The smallest absolute Gasteiger partial charge is 0.408 e. The molecule has 0 spiro atoms. The second kappa shape index (κ2) is 5.04. The van der Waals surface area contributed by atoms with Crippen LogP contribution in [0.5, 0.6) is 0 Å². The summed E-state index contributed by atoms with van der Waals surface area (Å²) >= 11 is 1.46. The molecule has 0 aromatic heterocycles. The third-order valence-electron chi connectivity index (χ3n) is 2.69. The first kappa shape index (κ1) is 14.6. The van der Waals surface area contributed by atoms with Crippen molar-refractivity contribution in [3.05, 3.63) is 0 Å². The fourth-order valence-corrected chi connectivity index (χ4v) is 2.74. The highest BCUT2D eigenvalue weighted by Crippen LogP contribution is 2.52. The summed E-state index contributed by atoms with van der Waals surface area (Å²) < 4.78 is 5.17. The molecule has 0 unspecified atom stereocenters. The maximum atomic E-state index is 11.6. The van der Waals surface area contributed by atoms with E-state index in [-0.39, 0.29) is 12.5 Å². The number of carbonyl (C=O) groups is 1. The molecule has 1 aliphatic rings. The van der Waals surface area contributed by atoms with Gasteiger partial charge in [0.15, 0.2) is 0 Å². The van der Waals surface area contributed by atoms with Gasteiger partial charge in [-0.3, -0.25) is 0 Å². The predicted molar refractivity (Wildman–Crippen MR) is 66.8 cm³/mol. The Hall–Kier alpha value is -0.460. The van der Waals surface area contributed by atoms with E-state index in [0.29, 0.717) is 6.42 Å². The van der Waals surface area contributed by atoms with Gasteiger partial charge < -0.3 is 20.3 Å². The summed E-state index contributed by atoms with van der Waals surface area (Å²) in [6.45, 7) is 5.10. The van der Waals surface area contributed by atoms with Crippen molar-refractivity contribution >= 4 is 17.9 Å². The maximum absolute atomic E-state index is 11.6. The van der Waals surface area contributed by atoms with Crippen LogP contribution in [0.4, 0.5) is 4.79 Å². The molecule has 3 atom stereocenters. The van der Waals surface area contributed by atoms with Crippen molar-refractivity contribution in [2.75, 3.05) is 12.9 Å². The number of ether oxygens (including phenoxy) is 1. The van der Waals surface area contributed by atoms with Gasteiger partial charge in [-0.05, 0) is 33.4 Å². The molecule has 1 rings (SSSR count). The van der Waals surface area contributed by atoms with E-state index in [0.717, 1.165) is 0 Å². The van der Waals surface area contributed by atoms with Crippen molar-refractivity contribution in [1.82, 2.24) is 5.32 Å². The number of alkyl carbamates (subject to hydrolysis) is 1. The van der Waals surface area contributed by atoms with E-state index in [1.54, 1.807) is 20.8 Å². The Balaban J connectivity index is 2.53. The lowest BCUT2D eigenvalue weighted by Crippen LogP contribution is -2.41. The minimum Gasteiger partial charge on any atom is -0.444 e. The monoisotopic (exact) mass is 263 g/mol. The van der Waals surface area contributed by atoms with Gasteiger partial charge in [0.25, 0.3) is 0 Å². The molecule has 1 saturated carbocycles. The van der Waals surface area contributed by atoms with Crippen molar-refractivity contribution in [1.29, 1.82) is 0 Å². The van der Waals surface area contributed by atoms with Crippen LogP contribution in [0.15, 0.2) is 0 Å². The quantitative estimate of drug-likeness (QED) is 0.658. The highest BCUT2D eigenvalue weighted by Gasteiger charge is 2.58. The van der Waals surface area contributed by atoms with E-state index >= 15 is 0 Å². The van der Waals surface area contributed by atoms with E-state index in [9.17, 15) is 9.90 Å². The van der Waals surface area contributed by atoms with Crippen molar-refractivity contribution in [3.63, 3.8) is 0 Å². The van der Waals surface area contributed by atoms with Gasteiger partial charge in [0.1, 0.15) is 5.60 Å². The molecule has 1 aliphatic carbocycles. The first-order chi connectivity index (χ1) is 7.74. The summed E-state index contributed by atoms with van der Waals surface area (Å²) in [5, 5.41) is 21.2. The van der Waals surface area contributed by atoms with Crippen LogP contribution in [-0.4, -0.2) is 45.7 Å². The van der Waals surface area contributed by atoms with Crippen LogP contribution >= 0.6 is 11.8 Å². The van der Waals surface area contributed by atoms with E-state index in [2.05, 4.69) is 5.32 Å². The Kier molecular flexibility index (Phi) is 4.33. The molecule has 3 N–H and O–H groups in total. The molecule has 0 saturated heterocycles. The fraction of sp³-hybridized carbons (Fsp3) is 0.909. The number of aliphatic hydroxyl groups is 2. The van der Waals surface area contributed by atoms with Gasteiger partial charge in [0, 0.05) is 5.92 Å². The van der Waals surface area contributed by atoms with Crippen LogP contribution in [0.1, 0.15) is 27.2 Å². The number of hydrogen-bond acceptors (Lipinski definition) is 5. The predicted octanol–water partition coefficient (Wildman–Crippen LogP) is 0.944. The largest absolute Gasteiger partial charge is 0.444 e. The lowest BCUT2D eigenvalue weighted by molar-refractivity contribution is 0.0482. The Bertz CT molecular complexity index is 292. The van der Waals surface area contributed by atoms with Gasteiger partial charge in [-0.25, -0.2) is 4.79 Å².